The summed E-state index contributed by atoms with van der Waals surface area (Å²) in [6.45, 7) is 0. The molecule has 1 N–H and O–H groups in total. The quantitative estimate of drug-likeness (QED) is 0.392. The number of nitrogens with one attached hydrogen (secondary N) is 1. The van der Waals surface area contributed by atoms with Crippen molar-refractivity contribution in [1.82, 2.24) is 24.8 Å². The molecule has 2 aliphatic rings. The van der Waals surface area contributed by atoms with Crippen LogP contribution in [0.2, 0.25) is 0 Å². The molecule has 4 heterocycles. The summed E-state index contributed by atoms with van der Waals surface area (Å²) >= 11 is 7.65. The van der Waals surface area contributed by atoms with Crippen molar-refractivity contribution < 1.29 is 0 Å². The van der Waals surface area contributed by atoms with Crippen molar-refractivity contribution in [3.8, 4) is 5.13 Å². The number of fused-ring (bicyclic) bond motifs is 1. The second-order valence-electron chi connectivity index (χ2n) is 8.59. The Hall–Kier alpha value is -2.77. The van der Waals surface area contributed by atoms with Crippen LogP contribution in [0.1, 0.15) is 55.6 Å². The molecule has 3 aromatic heterocycles. The Morgan fingerprint density at radius 3 is 2.62 bits per heavy atom. The van der Waals surface area contributed by atoms with Crippen LogP contribution in [0.15, 0.2) is 67.0 Å². The predicted molar refractivity (Wildman–Crippen MR) is 133 cm³/mol. The Balaban J connectivity index is 1.47. The van der Waals surface area contributed by atoms with Gasteiger partial charge < -0.3 is 10.2 Å². The summed E-state index contributed by atoms with van der Waals surface area (Å²) in [6.07, 6.45) is 10.2. The zero-order valence-corrected chi connectivity index (χ0v) is 19.4. The maximum atomic E-state index is 5.93. The van der Waals surface area contributed by atoms with Gasteiger partial charge >= 0.3 is 0 Å². The van der Waals surface area contributed by atoms with Crippen LogP contribution in [-0.2, 0) is 0 Å². The molecule has 1 aliphatic carbocycles. The molecule has 2 atom stereocenters. The van der Waals surface area contributed by atoms with Gasteiger partial charge in [0.25, 0.3) is 0 Å². The van der Waals surface area contributed by atoms with E-state index in [1.807, 2.05) is 18.3 Å². The van der Waals surface area contributed by atoms with Crippen molar-refractivity contribution in [2.75, 3.05) is 0 Å². The fraction of sp³-hybridized carbons (Fsp3) is 0.320. The SMILES string of the molecule is S=C1N[C@@H](c2ccccn2)[C@H](c2cccn2-c2nc3ccccc3s2)N1C1CCCCC1. The van der Waals surface area contributed by atoms with Gasteiger partial charge in [-0.25, -0.2) is 4.98 Å². The molecule has 1 aromatic carbocycles. The first-order valence-electron chi connectivity index (χ1n) is 11.3. The van der Waals surface area contributed by atoms with Gasteiger partial charge in [-0.1, -0.05) is 48.8 Å². The second kappa shape index (κ2) is 8.30. The third-order valence-electron chi connectivity index (χ3n) is 6.68. The minimum Gasteiger partial charge on any atom is -0.352 e. The zero-order valence-electron chi connectivity index (χ0n) is 17.7. The Morgan fingerprint density at radius 2 is 1.81 bits per heavy atom. The number of hydrogen-bond acceptors (Lipinski definition) is 4. The molecule has 162 valence electrons. The third kappa shape index (κ3) is 3.40. The molecular formula is C25H25N5S2. The lowest BCUT2D eigenvalue weighted by molar-refractivity contribution is 0.193. The average molecular weight is 460 g/mol. The normalized spacial score (nSPS) is 21.9. The molecule has 0 unspecified atom stereocenters. The van der Waals surface area contributed by atoms with Gasteiger partial charge in [0.15, 0.2) is 10.2 Å². The number of thiocarbonyl (C=S) groups is 1. The zero-order chi connectivity index (χ0) is 21.5. The van der Waals surface area contributed by atoms with Crippen molar-refractivity contribution in [3.63, 3.8) is 0 Å². The molecule has 2 fully saturated rings. The highest BCUT2D eigenvalue weighted by atomic mass is 32.1. The molecule has 0 spiro atoms. The van der Waals surface area contributed by atoms with Crippen LogP contribution in [0.5, 0.6) is 0 Å². The fourth-order valence-electron chi connectivity index (χ4n) is 5.21. The molecule has 0 bridgehead atoms. The van der Waals surface area contributed by atoms with Crippen LogP contribution in [0.3, 0.4) is 0 Å². The summed E-state index contributed by atoms with van der Waals surface area (Å²) in [7, 11) is 0. The summed E-state index contributed by atoms with van der Waals surface area (Å²) in [5.41, 5.74) is 3.27. The molecule has 0 amide bonds. The maximum Gasteiger partial charge on any atom is 0.194 e. The van der Waals surface area contributed by atoms with E-state index in [0.29, 0.717) is 6.04 Å². The number of aromatic nitrogens is 3. The van der Waals surface area contributed by atoms with Gasteiger partial charge in [-0.15, -0.1) is 0 Å². The summed E-state index contributed by atoms with van der Waals surface area (Å²) < 4.78 is 3.45. The van der Waals surface area contributed by atoms with Crippen molar-refractivity contribution >= 4 is 38.9 Å². The van der Waals surface area contributed by atoms with E-state index in [9.17, 15) is 0 Å². The Labute approximate surface area is 197 Å². The first-order chi connectivity index (χ1) is 15.8. The summed E-state index contributed by atoms with van der Waals surface area (Å²) in [5.74, 6) is 0. The smallest absolute Gasteiger partial charge is 0.194 e. The van der Waals surface area contributed by atoms with Crippen LogP contribution >= 0.6 is 23.6 Å². The lowest BCUT2D eigenvalue weighted by Gasteiger charge is -2.37. The highest BCUT2D eigenvalue weighted by molar-refractivity contribution is 7.80. The van der Waals surface area contributed by atoms with Crippen LogP contribution in [-0.4, -0.2) is 30.6 Å². The van der Waals surface area contributed by atoms with Gasteiger partial charge in [0, 0.05) is 18.4 Å². The molecule has 1 saturated heterocycles. The van der Waals surface area contributed by atoms with Crippen LogP contribution < -0.4 is 5.32 Å². The van der Waals surface area contributed by atoms with Gasteiger partial charge in [-0.2, -0.15) is 0 Å². The number of rotatable bonds is 4. The van der Waals surface area contributed by atoms with Gasteiger partial charge in [-0.3, -0.25) is 9.55 Å². The number of pyridine rings is 1. The van der Waals surface area contributed by atoms with E-state index < -0.39 is 0 Å². The summed E-state index contributed by atoms with van der Waals surface area (Å²) in [4.78, 5) is 12.1. The van der Waals surface area contributed by atoms with Gasteiger partial charge in [0.1, 0.15) is 0 Å². The van der Waals surface area contributed by atoms with Crippen molar-refractivity contribution in [3.05, 3.63) is 78.4 Å². The Kier molecular flexibility index (Phi) is 5.15. The minimum atomic E-state index is 0.00801. The number of nitrogens with zero attached hydrogens (tertiary/aromatic N) is 4. The van der Waals surface area contributed by atoms with E-state index in [2.05, 4.69) is 63.4 Å². The number of benzene rings is 1. The predicted octanol–water partition coefficient (Wildman–Crippen LogP) is 5.79. The molecule has 32 heavy (non-hydrogen) atoms. The van der Waals surface area contributed by atoms with Crippen LogP contribution in [0.25, 0.3) is 15.3 Å². The van der Waals surface area contributed by atoms with Crippen LogP contribution in [0, 0.1) is 0 Å². The average Bonchev–Trinajstić information content (AvgIpc) is 3.56. The number of hydrogen-bond donors (Lipinski definition) is 1. The minimum absolute atomic E-state index is 0.00801. The van der Waals surface area contributed by atoms with E-state index in [1.54, 1.807) is 11.3 Å². The van der Waals surface area contributed by atoms with E-state index >= 15 is 0 Å². The lowest BCUT2D eigenvalue weighted by atomic mass is 9.92. The summed E-state index contributed by atoms with van der Waals surface area (Å²) in [5, 5.41) is 5.46. The van der Waals surface area contributed by atoms with Gasteiger partial charge in [0.05, 0.1) is 33.7 Å². The first kappa shape index (κ1) is 19.9. The molecule has 7 heteroatoms. The molecular weight excluding hydrogens is 434 g/mol. The third-order valence-corrected chi connectivity index (χ3v) is 8.04. The molecule has 1 aliphatic heterocycles. The largest absolute Gasteiger partial charge is 0.352 e. The fourth-order valence-corrected chi connectivity index (χ4v) is 6.57. The highest BCUT2D eigenvalue weighted by Gasteiger charge is 2.44. The van der Waals surface area contributed by atoms with Crippen molar-refractivity contribution in [2.45, 2.75) is 50.2 Å². The molecule has 1 saturated carbocycles. The van der Waals surface area contributed by atoms with Gasteiger partial charge in [-0.05, 0) is 61.5 Å². The van der Waals surface area contributed by atoms with E-state index in [0.717, 1.165) is 21.5 Å². The highest BCUT2D eigenvalue weighted by Crippen LogP contribution is 2.43. The topological polar surface area (TPSA) is 46.0 Å². The maximum absolute atomic E-state index is 5.93. The second-order valence-corrected chi connectivity index (χ2v) is 9.99. The number of para-hydroxylation sites is 1. The molecule has 4 aromatic rings. The molecule has 6 rings (SSSR count). The first-order valence-corrected chi connectivity index (χ1v) is 12.5. The number of thiazole rings is 1. The van der Waals surface area contributed by atoms with Crippen molar-refractivity contribution in [2.24, 2.45) is 0 Å². The van der Waals surface area contributed by atoms with Gasteiger partial charge in [0.2, 0.25) is 0 Å². The molecule has 5 nitrogen and oxygen atoms in total. The Bertz CT molecular complexity index is 1210. The molecule has 0 radical (unpaired) electrons. The van der Waals surface area contributed by atoms with E-state index in [-0.39, 0.29) is 12.1 Å². The van der Waals surface area contributed by atoms with Crippen LogP contribution in [0.4, 0.5) is 0 Å². The monoisotopic (exact) mass is 459 g/mol. The van der Waals surface area contributed by atoms with E-state index in [1.165, 1.54) is 42.5 Å². The standard InChI is InChI=1S/C25H25N5S2/c31-24-28-22(19-12-6-7-15-26-19)23(30(24)17-9-2-1-3-10-17)20-13-8-16-29(20)25-27-18-11-4-5-14-21(18)32-25/h4-8,11-17,22-23H,1-3,9-10H2,(H,28,31)/t22-,23-/m0/s1. The van der Waals surface area contributed by atoms with E-state index in [4.69, 9.17) is 22.2 Å². The summed E-state index contributed by atoms with van der Waals surface area (Å²) in [6, 6.07) is 19.3. The van der Waals surface area contributed by atoms with Crippen molar-refractivity contribution in [1.29, 1.82) is 0 Å². The lowest BCUT2D eigenvalue weighted by Crippen LogP contribution is -2.40. The Morgan fingerprint density at radius 1 is 0.969 bits per heavy atom.